The molecule has 1 aromatic carbocycles. The molecule has 1 aliphatic rings. The molecule has 4 rings (SSSR count). The van der Waals surface area contributed by atoms with E-state index in [1.165, 1.54) is 16.5 Å². The van der Waals surface area contributed by atoms with Crippen LogP contribution < -0.4 is 11.1 Å². The number of pyridine rings is 1. The second-order valence-electron chi connectivity index (χ2n) is 8.53. The number of nitrogen functional groups attached to an aromatic ring is 1. The van der Waals surface area contributed by atoms with E-state index < -0.39 is 23.7 Å². The van der Waals surface area contributed by atoms with Crippen molar-refractivity contribution in [1.82, 2.24) is 9.38 Å². The summed E-state index contributed by atoms with van der Waals surface area (Å²) in [6.45, 7) is 1.58. The number of alkyl halides is 5. The number of para-hydroxylation sites is 2. The molecule has 5 nitrogen and oxygen atoms in total. The summed E-state index contributed by atoms with van der Waals surface area (Å²) in [5.41, 5.74) is 5.96. The Kier molecular flexibility index (Phi) is 5.79. The Morgan fingerprint density at radius 2 is 1.88 bits per heavy atom. The molecule has 0 atom stereocenters. The van der Waals surface area contributed by atoms with Gasteiger partial charge in [0, 0.05) is 24.1 Å². The summed E-state index contributed by atoms with van der Waals surface area (Å²) >= 11 is 0. The maximum atomic E-state index is 13.8. The summed E-state index contributed by atoms with van der Waals surface area (Å²) in [6, 6.07) is 9.39. The van der Waals surface area contributed by atoms with Crippen LogP contribution in [0.2, 0.25) is 0 Å². The highest BCUT2D eigenvalue weighted by atomic mass is 19.4. The Morgan fingerprint density at radius 1 is 1.21 bits per heavy atom. The quantitative estimate of drug-likeness (QED) is 0.374. The van der Waals surface area contributed by atoms with E-state index in [0.717, 1.165) is 0 Å². The Labute approximate surface area is 186 Å². The third kappa shape index (κ3) is 4.79. The van der Waals surface area contributed by atoms with Gasteiger partial charge in [-0.15, -0.1) is 0 Å². The number of benzene rings is 1. The van der Waals surface area contributed by atoms with Crippen molar-refractivity contribution in [2.24, 2.45) is 5.92 Å². The van der Waals surface area contributed by atoms with Crippen molar-refractivity contribution < 1.29 is 26.7 Å². The highest BCUT2D eigenvalue weighted by molar-refractivity contribution is 6.06. The number of aromatic nitrogens is 2. The SMILES string of the molecule is Cc1cc(C(=O)Nc2ccccc2N)cc2nc(C(F)(F)F)c(CC3CCC(F)(F)CC3)n12. The molecule has 1 saturated carbocycles. The maximum absolute atomic E-state index is 13.8. The summed E-state index contributed by atoms with van der Waals surface area (Å²) in [4.78, 5) is 16.5. The van der Waals surface area contributed by atoms with Crippen LogP contribution in [-0.4, -0.2) is 21.2 Å². The van der Waals surface area contributed by atoms with Gasteiger partial charge in [-0.2, -0.15) is 13.2 Å². The molecule has 0 radical (unpaired) electrons. The Bertz CT molecular complexity index is 1190. The van der Waals surface area contributed by atoms with E-state index in [2.05, 4.69) is 10.3 Å². The number of hydrogen-bond acceptors (Lipinski definition) is 3. The van der Waals surface area contributed by atoms with Crippen LogP contribution >= 0.6 is 0 Å². The molecule has 2 aromatic heterocycles. The van der Waals surface area contributed by atoms with E-state index in [-0.39, 0.29) is 54.9 Å². The Hall–Kier alpha value is -3.17. The molecule has 10 heteroatoms. The monoisotopic (exact) mass is 466 g/mol. The molecule has 1 amide bonds. The zero-order valence-electron chi connectivity index (χ0n) is 17.8. The molecule has 3 aromatic rings. The van der Waals surface area contributed by atoms with E-state index in [0.29, 0.717) is 17.1 Å². The third-order valence-electron chi connectivity index (χ3n) is 6.06. The standard InChI is InChI=1S/C23H23F5N4O/c1-13-10-15(21(33)30-17-5-3-2-4-16(17)29)12-19-31-20(23(26,27)28)18(32(13)19)11-14-6-8-22(24,25)9-7-14/h2-5,10,12,14H,6-9,11,29H2,1H3,(H,30,33). The van der Waals surface area contributed by atoms with Crippen molar-refractivity contribution >= 4 is 22.9 Å². The van der Waals surface area contributed by atoms with E-state index in [1.807, 2.05) is 0 Å². The first-order chi connectivity index (χ1) is 15.4. The number of imidazole rings is 1. The Morgan fingerprint density at radius 3 is 2.52 bits per heavy atom. The predicted molar refractivity (Wildman–Crippen MR) is 114 cm³/mol. The normalized spacial score (nSPS) is 16.8. The molecule has 1 aliphatic carbocycles. The van der Waals surface area contributed by atoms with Gasteiger partial charge in [-0.3, -0.25) is 4.79 Å². The highest BCUT2D eigenvalue weighted by Gasteiger charge is 2.40. The molecule has 1 fully saturated rings. The van der Waals surface area contributed by atoms with Crippen molar-refractivity contribution in [2.45, 2.75) is 51.1 Å². The minimum absolute atomic E-state index is 0.0149. The van der Waals surface area contributed by atoms with Crippen LogP contribution in [0.4, 0.5) is 33.3 Å². The smallest absolute Gasteiger partial charge is 0.397 e. The number of halogens is 5. The highest BCUT2D eigenvalue weighted by Crippen LogP contribution is 2.40. The first-order valence-electron chi connectivity index (χ1n) is 10.6. The summed E-state index contributed by atoms with van der Waals surface area (Å²) in [5.74, 6) is -3.59. The van der Waals surface area contributed by atoms with Gasteiger partial charge in [0.25, 0.3) is 5.91 Å². The molecule has 3 N–H and O–H groups in total. The second kappa shape index (κ2) is 8.31. The number of aryl methyl sites for hydroxylation is 1. The molecule has 0 aliphatic heterocycles. The molecule has 176 valence electrons. The lowest BCUT2D eigenvalue weighted by atomic mass is 9.83. The number of carbonyl (C=O) groups excluding carboxylic acids is 1. The Balaban J connectivity index is 1.70. The lowest BCUT2D eigenvalue weighted by Gasteiger charge is -2.28. The minimum Gasteiger partial charge on any atom is -0.397 e. The fraction of sp³-hybridized carbons (Fsp3) is 0.391. The lowest BCUT2D eigenvalue weighted by Crippen LogP contribution is -2.26. The maximum Gasteiger partial charge on any atom is 0.435 e. The molecule has 0 spiro atoms. The van der Waals surface area contributed by atoms with Crippen LogP contribution in [0, 0.1) is 12.8 Å². The van der Waals surface area contributed by atoms with E-state index >= 15 is 0 Å². The van der Waals surface area contributed by atoms with Gasteiger partial charge in [0.1, 0.15) is 5.65 Å². The fourth-order valence-corrected chi connectivity index (χ4v) is 4.36. The summed E-state index contributed by atoms with van der Waals surface area (Å²) in [7, 11) is 0. The number of anilines is 2. The summed E-state index contributed by atoms with van der Waals surface area (Å²) in [6.07, 6.45) is -5.10. The van der Waals surface area contributed by atoms with E-state index in [4.69, 9.17) is 5.73 Å². The van der Waals surface area contributed by atoms with E-state index in [1.54, 1.807) is 31.2 Å². The van der Waals surface area contributed by atoms with Crippen molar-refractivity contribution in [3.63, 3.8) is 0 Å². The van der Waals surface area contributed by atoms with Crippen LogP contribution in [0.25, 0.3) is 5.65 Å². The van der Waals surface area contributed by atoms with Gasteiger partial charge in [0.2, 0.25) is 5.92 Å². The van der Waals surface area contributed by atoms with Crippen LogP contribution in [0.3, 0.4) is 0 Å². The first-order valence-corrected chi connectivity index (χ1v) is 10.6. The van der Waals surface area contributed by atoms with Crippen molar-refractivity contribution in [3.8, 4) is 0 Å². The zero-order chi connectivity index (χ0) is 24.0. The van der Waals surface area contributed by atoms with Gasteiger partial charge in [-0.05, 0) is 56.4 Å². The number of amides is 1. The summed E-state index contributed by atoms with van der Waals surface area (Å²) in [5, 5.41) is 2.65. The number of carbonyl (C=O) groups is 1. The molecular weight excluding hydrogens is 443 g/mol. The number of nitrogens with one attached hydrogen (secondary N) is 1. The molecule has 0 saturated heterocycles. The lowest BCUT2D eigenvalue weighted by molar-refractivity contribution is -0.141. The molecule has 2 heterocycles. The van der Waals surface area contributed by atoms with Crippen molar-refractivity contribution in [3.05, 3.63) is 59.0 Å². The molecular formula is C23H23F5N4O. The van der Waals surface area contributed by atoms with Crippen molar-refractivity contribution in [2.75, 3.05) is 11.1 Å². The molecule has 33 heavy (non-hydrogen) atoms. The molecule has 0 unspecified atom stereocenters. The average Bonchev–Trinajstić information content (AvgIpc) is 3.10. The fourth-order valence-electron chi connectivity index (χ4n) is 4.36. The molecule has 0 bridgehead atoms. The minimum atomic E-state index is -4.71. The van der Waals surface area contributed by atoms with Crippen LogP contribution in [0.5, 0.6) is 0 Å². The second-order valence-corrected chi connectivity index (χ2v) is 8.53. The summed E-state index contributed by atoms with van der Waals surface area (Å²) < 4.78 is 69.8. The largest absolute Gasteiger partial charge is 0.435 e. The number of rotatable bonds is 4. The van der Waals surface area contributed by atoms with Gasteiger partial charge in [-0.25, -0.2) is 13.8 Å². The van der Waals surface area contributed by atoms with Crippen molar-refractivity contribution in [1.29, 1.82) is 0 Å². The topological polar surface area (TPSA) is 72.4 Å². The van der Waals surface area contributed by atoms with Gasteiger partial charge in [-0.1, -0.05) is 12.1 Å². The van der Waals surface area contributed by atoms with Gasteiger partial charge in [0.05, 0.1) is 17.1 Å². The van der Waals surface area contributed by atoms with Gasteiger partial charge < -0.3 is 15.5 Å². The third-order valence-corrected chi connectivity index (χ3v) is 6.06. The van der Waals surface area contributed by atoms with Gasteiger partial charge in [0.15, 0.2) is 5.69 Å². The number of fused-ring (bicyclic) bond motifs is 1. The van der Waals surface area contributed by atoms with E-state index in [9.17, 15) is 26.7 Å². The predicted octanol–water partition coefficient (Wildman–Crippen LogP) is 5.86. The average molecular weight is 466 g/mol. The first kappa shape index (κ1) is 23.0. The van der Waals surface area contributed by atoms with Gasteiger partial charge >= 0.3 is 6.18 Å². The van der Waals surface area contributed by atoms with Crippen LogP contribution in [-0.2, 0) is 12.6 Å². The zero-order valence-corrected chi connectivity index (χ0v) is 17.8. The van der Waals surface area contributed by atoms with Crippen LogP contribution in [0.1, 0.15) is 53.1 Å². The number of nitrogens with two attached hydrogens (primary N) is 1. The number of hydrogen-bond donors (Lipinski definition) is 2. The van der Waals surface area contributed by atoms with Crippen LogP contribution in [0.15, 0.2) is 36.4 Å². The number of nitrogens with zero attached hydrogens (tertiary/aromatic N) is 2.